The van der Waals surface area contributed by atoms with Crippen molar-refractivity contribution in [2.75, 3.05) is 12.4 Å². The van der Waals surface area contributed by atoms with E-state index in [1.807, 2.05) is 49.4 Å². The smallest absolute Gasteiger partial charge is 0.241 e. The standard InChI is InChI=1S/C20H26N2O2/c1-14(2)19(16-10-6-5-7-11-16)21-15(3)20(23)22-17-12-8-9-13-18(17)24-4/h5-15,19,21H,1-4H3,(H,22,23)/t15-,19-/m0/s1. The van der Waals surface area contributed by atoms with Gasteiger partial charge in [-0.25, -0.2) is 0 Å². The molecule has 0 fully saturated rings. The zero-order chi connectivity index (χ0) is 17.5. The van der Waals surface area contributed by atoms with Crippen molar-refractivity contribution in [2.45, 2.75) is 32.9 Å². The Morgan fingerprint density at radius 1 is 0.958 bits per heavy atom. The average Bonchev–Trinajstić information content (AvgIpc) is 2.60. The lowest BCUT2D eigenvalue weighted by atomic mass is 9.95. The van der Waals surface area contributed by atoms with Crippen LogP contribution in [0, 0.1) is 5.92 Å². The number of benzene rings is 2. The van der Waals surface area contributed by atoms with E-state index >= 15 is 0 Å². The molecule has 2 N–H and O–H groups in total. The molecule has 2 aromatic carbocycles. The first-order chi connectivity index (χ1) is 11.5. The highest BCUT2D eigenvalue weighted by Crippen LogP contribution is 2.24. The van der Waals surface area contributed by atoms with Gasteiger partial charge in [-0.3, -0.25) is 10.1 Å². The molecular formula is C20H26N2O2. The van der Waals surface area contributed by atoms with Gasteiger partial charge >= 0.3 is 0 Å². The zero-order valence-corrected chi connectivity index (χ0v) is 14.7. The number of carbonyl (C=O) groups is 1. The molecule has 0 heterocycles. The van der Waals surface area contributed by atoms with E-state index < -0.39 is 0 Å². The minimum Gasteiger partial charge on any atom is -0.495 e. The first kappa shape index (κ1) is 18.0. The van der Waals surface area contributed by atoms with E-state index in [2.05, 4.69) is 36.6 Å². The average molecular weight is 326 g/mol. The van der Waals surface area contributed by atoms with Gasteiger partial charge in [-0.2, -0.15) is 0 Å². The van der Waals surface area contributed by atoms with Crippen LogP contribution < -0.4 is 15.4 Å². The number of para-hydroxylation sites is 2. The third-order valence-electron chi connectivity index (χ3n) is 4.01. The van der Waals surface area contributed by atoms with Crippen LogP contribution in [0.5, 0.6) is 5.75 Å². The van der Waals surface area contributed by atoms with Crippen LogP contribution >= 0.6 is 0 Å². The SMILES string of the molecule is COc1ccccc1NC(=O)[C@H](C)N[C@H](c1ccccc1)C(C)C. The Morgan fingerprint density at radius 2 is 1.58 bits per heavy atom. The van der Waals surface area contributed by atoms with Gasteiger partial charge in [0.2, 0.25) is 5.91 Å². The number of carbonyl (C=O) groups excluding carboxylic acids is 1. The molecule has 24 heavy (non-hydrogen) atoms. The molecule has 128 valence electrons. The van der Waals surface area contributed by atoms with Crippen LogP contribution in [0.15, 0.2) is 54.6 Å². The molecule has 0 spiro atoms. The van der Waals surface area contributed by atoms with Crippen molar-refractivity contribution >= 4 is 11.6 Å². The fourth-order valence-corrected chi connectivity index (χ4v) is 2.67. The number of amides is 1. The Balaban J connectivity index is 2.07. The van der Waals surface area contributed by atoms with Crippen LogP contribution in [-0.2, 0) is 4.79 Å². The van der Waals surface area contributed by atoms with Crippen molar-refractivity contribution in [3.05, 3.63) is 60.2 Å². The van der Waals surface area contributed by atoms with Gasteiger partial charge in [0.1, 0.15) is 5.75 Å². The van der Waals surface area contributed by atoms with Gasteiger partial charge in [0.05, 0.1) is 18.8 Å². The predicted molar refractivity (Wildman–Crippen MR) is 98.2 cm³/mol. The highest BCUT2D eigenvalue weighted by atomic mass is 16.5. The summed E-state index contributed by atoms with van der Waals surface area (Å²) in [5.74, 6) is 0.941. The van der Waals surface area contributed by atoms with Gasteiger partial charge in [0.15, 0.2) is 0 Å². The van der Waals surface area contributed by atoms with Crippen LogP contribution in [-0.4, -0.2) is 19.1 Å². The Morgan fingerprint density at radius 3 is 2.21 bits per heavy atom. The topological polar surface area (TPSA) is 50.4 Å². The number of methoxy groups -OCH3 is 1. The van der Waals surface area contributed by atoms with Crippen molar-refractivity contribution in [1.29, 1.82) is 0 Å². The number of anilines is 1. The zero-order valence-electron chi connectivity index (χ0n) is 14.7. The van der Waals surface area contributed by atoms with E-state index in [1.54, 1.807) is 7.11 Å². The van der Waals surface area contributed by atoms with E-state index in [-0.39, 0.29) is 18.0 Å². The predicted octanol–water partition coefficient (Wildman–Crippen LogP) is 4.01. The quantitative estimate of drug-likeness (QED) is 0.808. The highest BCUT2D eigenvalue weighted by molar-refractivity contribution is 5.95. The number of ether oxygens (including phenoxy) is 1. The van der Waals surface area contributed by atoms with E-state index in [0.717, 1.165) is 0 Å². The second-order valence-corrected chi connectivity index (χ2v) is 6.21. The van der Waals surface area contributed by atoms with Crippen molar-refractivity contribution in [1.82, 2.24) is 5.32 Å². The maximum absolute atomic E-state index is 12.5. The van der Waals surface area contributed by atoms with Gasteiger partial charge in [0, 0.05) is 6.04 Å². The summed E-state index contributed by atoms with van der Waals surface area (Å²) in [7, 11) is 1.59. The van der Waals surface area contributed by atoms with Crippen molar-refractivity contribution in [2.24, 2.45) is 5.92 Å². The van der Waals surface area contributed by atoms with E-state index in [0.29, 0.717) is 17.4 Å². The van der Waals surface area contributed by atoms with Crippen molar-refractivity contribution in [3.8, 4) is 5.75 Å². The van der Waals surface area contributed by atoms with Crippen molar-refractivity contribution < 1.29 is 9.53 Å². The fraction of sp³-hybridized carbons (Fsp3) is 0.350. The molecule has 0 aliphatic rings. The lowest BCUT2D eigenvalue weighted by Gasteiger charge is -2.26. The molecule has 0 aromatic heterocycles. The molecule has 0 radical (unpaired) electrons. The third kappa shape index (κ3) is 4.59. The summed E-state index contributed by atoms with van der Waals surface area (Å²) in [4.78, 5) is 12.5. The molecule has 0 aliphatic heterocycles. The molecule has 0 bridgehead atoms. The summed E-state index contributed by atoms with van der Waals surface area (Å²) in [5, 5.41) is 6.37. The van der Waals surface area contributed by atoms with Crippen LogP contribution in [0.25, 0.3) is 0 Å². The minimum absolute atomic E-state index is 0.0823. The van der Waals surface area contributed by atoms with Crippen molar-refractivity contribution in [3.63, 3.8) is 0 Å². The lowest BCUT2D eigenvalue weighted by molar-refractivity contribution is -0.118. The Bertz CT molecular complexity index is 656. The maximum atomic E-state index is 12.5. The Labute approximate surface area is 144 Å². The minimum atomic E-state index is -0.331. The number of nitrogens with one attached hydrogen (secondary N) is 2. The lowest BCUT2D eigenvalue weighted by Crippen LogP contribution is -2.41. The fourth-order valence-electron chi connectivity index (χ4n) is 2.67. The molecule has 4 heteroatoms. The largest absolute Gasteiger partial charge is 0.495 e. The maximum Gasteiger partial charge on any atom is 0.241 e. The summed E-state index contributed by atoms with van der Waals surface area (Å²) >= 11 is 0. The normalized spacial score (nSPS) is 13.4. The van der Waals surface area contributed by atoms with Crippen LogP contribution in [0.4, 0.5) is 5.69 Å². The molecule has 0 saturated carbocycles. The second kappa shape index (κ2) is 8.50. The van der Waals surface area contributed by atoms with Gasteiger partial charge in [0.25, 0.3) is 0 Å². The summed E-state index contributed by atoms with van der Waals surface area (Å²) in [5.41, 5.74) is 1.86. The number of hydrogen-bond donors (Lipinski definition) is 2. The Kier molecular flexibility index (Phi) is 6.38. The third-order valence-corrected chi connectivity index (χ3v) is 4.01. The van der Waals surface area contributed by atoms with Gasteiger partial charge in [-0.1, -0.05) is 56.3 Å². The molecule has 2 rings (SSSR count). The van der Waals surface area contributed by atoms with E-state index in [9.17, 15) is 4.79 Å². The van der Waals surface area contributed by atoms with Gasteiger partial charge < -0.3 is 10.1 Å². The molecule has 2 aromatic rings. The molecule has 2 atom stereocenters. The van der Waals surface area contributed by atoms with Crippen LogP contribution in [0.1, 0.15) is 32.4 Å². The highest BCUT2D eigenvalue weighted by Gasteiger charge is 2.22. The summed E-state index contributed by atoms with van der Waals surface area (Å²) in [6, 6.07) is 17.4. The first-order valence-electron chi connectivity index (χ1n) is 8.27. The van der Waals surface area contributed by atoms with Gasteiger partial charge in [-0.05, 0) is 30.5 Å². The Hall–Kier alpha value is -2.33. The van der Waals surface area contributed by atoms with E-state index in [1.165, 1.54) is 5.56 Å². The number of hydrogen-bond acceptors (Lipinski definition) is 3. The molecule has 1 amide bonds. The van der Waals surface area contributed by atoms with E-state index in [4.69, 9.17) is 4.74 Å². The summed E-state index contributed by atoms with van der Waals surface area (Å²) in [6.45, 7) is 6.17. The monoisotopic (exact) mass is 326 g/mol. The summed E-state index contributed by atoms with van der Waals surface area (Å²) in [6.07, 6.45) is 0. The molecule has 0 aliphatic carbocycles. The molecular weight excluding hydrogens is 300 g/mol. The van der Waals surface area contributed by atoms with Crippen LogP contribution in [0.3, 0.4) is 0 Å². The molecule has 0 unspecified atom stereocenters. The molecule has 4 nitrogen and oxygen atoms in total. The number of rotatable bonds is 7. The summed E-state index contributed by atoms with van der Waals surface area (Å²) < 4.78 is 5.28. The van der Waals surface area contributed by atoms with Crippen LogP contribution in [0.2, 0.25) is 0 Å². The van der Waals surface area contributed by atoms with Gasteiger partial charge in [-0.15, -0.1) is 0 Å². The second-order valence-electron chi connectivity index (χ2n) is 6.21. The molecule has 0 saturated heterocycles. The first-order valence-corrected chi connectivity index (χ1v) is 8.27.